The molecule has 7 heteroatoms. The first kappa shape index (κ1) is 22.3. The Morgan fingerprint density at radius 2 is 2.07 bits per heavy atom. The molecular formula is C20H31IN4OS. The second kappa shape index (κ2) is 10.5. The smallest absolute Gasteiger partial charge is 0.244 e. The average Bonchev–Trinajstić information content (AvgIpc) is 3.10. The van der Waals surface area contributed by atoms with Crippen LogP contribution in [0.3, 0.4) is 0 Å². The average molecular weight is 502 g/mol. The lowest BCUT2D eigenvalue weighted by Crippen LogP contribution is -2.44. The van der Waals surface area contributed by atoms with E-state index in [0.717, 1.165) is 32.0 Å². The highest BCUT2D eigenvalue weighted by Gasteiger charge is 2.29. The van der Waals surface area contributed by atoms with E-state index in [9.17, 15) is 4.79 Å². The van der Waals surface area contributed by atoms with Crippen molar-refractivity contribution in [2.75, 3.05) is 31.9 Å². The third-order valence-corrected chi connectivity index (χ3v) is 6.67. The summed E-state index contributed by atoms with van der Waals surface area (Å²) >= 11 is 2.02. The molecule has 2 heterocycles. The van der Waals surface area contributed by atoms with E-state index in [1.165, 1.54) is 29.7 Å². The molecule has 2 aliphatic rings. The maximum Gasteiger partial charge on any atom is 0.244 e. The molecule has 0 radical (unpaired) electrons. The SMILES string of the molecule is CCNC(=NCC(=O)N1CCc2ccccc2C1)NCC1(C)CCCS1.I. The molecule has 2 N–H and O–H groups in total. The van der Waals surface area contributed by atoms with Crippen molar-refractivity contribution in [3.05, 3.63) is 35.4 Å². The van der Waals surface area contributed by atoms with E-state index in [2.05, 4.69) is 40.7 Å². The molecule has 0 bridgehead atoms. The number of hydrogen-bond donors (Lipinski definition) is 2. The van der Waals surface area contributed by atoms with E-state index in [1.54, 1.807) is 0 Å². The fraction of sp³-hybridized carbons (Fsp3) is 0.600. The predicted molar refractivity (Wildman–Crippen MR) is 125 cm³/mol. The molecule has 5 nitrogen and oxygen atoms in total. The van der Waals surface area contributed by atoms with Gasteiger partial charge in [-0.3, -0.25) is 4.79 Å². The van der Waals surface area contributed by atoms with Gasteiger partial charge < -0.3 is 15.5 Å². The Kier molecular flexibility index (Phi) is 8.72. The number of thioether (sulfide) groups is 1. The van der Waals surface area contributed by atoms with Crippen molar-refractivity contribution in [2.24, 2.45) is 4.99 Å². The number of halogens is 1. The zero-order chi connectivity index (χ0) is 18.4. The quantitative estimate of drug-likeness (QED) is 0.369. The van der Waals surface area contributed by atoms with E-state index in [1.807, 2.05) is 29.7 Å². The first-order valence-electron chi connectivity index (χ1n) is 9.60. The number of nitrogens with one attached hydrogen (secondary N) is 2. The monoisotopic (exact) mass is 502 g/mol. The highest BCUT2D eigenvalue weighted by Crippen LogP contribution is 2.36. The van der Waals surface area contributed by atoms with Crippen molar-refractivity contribution in [3.8, 4) is 0 Å². The lowest BCUT2D eigenvalue weighted by Gasteiger charge is -2.28. The minimum Gasteiger partial charge on any atom is -0.357 e. The van der Waals surface area contributed by atoms with Crippen LogP contribution in [0, 0.1) is 0 Å². The maximum atomic E-state index is 12.6. The van der Waals surface area contributed by atoms with Crippen molar-refractivity contribution < 1.29 is 4.79 Å². The normalized spacial score (nSPS) is 22.0. The van der Waals surface area contributed by atoms with Gasteiger partial charge in [0.15, 0.2) is 5.96 Å². The van der Waals surface area contributed by atoms with Crippen LogP contribution in [0.25, 0.3) is 0 Å². The zero-order valence-electron chi connectivity index (χ0n) is 16.3. The lowest BCUT2D eigenvalue weighted by molar-refractivity contribution is -0.130. The largest absolute Gasteiger partial charge is 0.357 e. The highest BCUT2D eigenvalue weighted by atomic mass is 127. The molecule has 3 rings (SSSR count). The summed E-state index contributed by atoms with van der Waals surface area (Å²) < 4.78 is 0.275. The number of nitrogens with zero attached hydrogens (tertiary/aromatic N) is 2. The Hall–Kier alpha value is -0.960. The van der Waals surface area contributed by atoms with Crippen molar-refractivity contribution in [1.29, 1.82) is 0 Å². The van der Waals surface area contributed by atoms with Gasteiger partial charge in [-0.1, -0.05) is 24.3 Å². The summed E-state index contributed by atoms with van der Waals surface area (Å²) in [5.74, 6) is 2.07. The highest BCUT2D eigenvalue weighted by molar-refractivity contribution is 14.0. The standard InChI is InChI=1S/C20H30N4OS.HI/c1-3-21-19(23-15-20(2)10-6-12-26-20)22-13-18(25)24-11-9-16-7-4-5-8-17(16)14-24;/h4-5,7-8H,3,6,9-15H2,1-2H3,(H2,21,22,23);1H. The number of guanidine groups is 1. The van der Waals surface area contributed by atoms with E-state index < -0.39 is 0 Å². The van der Waals surface area contributed by atoms with Gasteiger partial charge >= 0.3 is 0 Å². The Morgan fingerprint density at radius 3 is 2.78 bits per heavy atom. The molecule has 1 amide bonds. The molecule has 27 heavy (non-hydrogen) atoms. The minimum atomic E-state index is 0. The van der Waals surface area contributed by atoms with E-state index in [-0.39, 0.29) is 41.2 Å². The Morgan fingerprint density at radius 1 is 1.30 bits per heavy atom. The van der Waals surface area contributed by atoms with Crippen LogP contribution < -0.4 is 10.6 Å². The van der Waals surface area contributed by atoms with Gasteiger partial charge in [0.2, 0.25) is 5.91 Å². The van der Waals surface area contributed by atoms with Crippen LogP contribution in [-0.2, 0) is 17.8 Å². The maximum absolute atomic E-state index is 12.6. The number of hydrogen-bond acceptors (Lipinski definition) is 3. The summed E-state index contributed by atoms with van der Waals surface area (Å²) in [4.78, 5) is 19.1. The third kappa shape index (κ3) is 6.27. The van der Waals surface area contributed by atoms with Gasteiger partial charge in [0.05, 0.1) is 0 Å². The predicted octanol–water partition coefficient (Wildman–Crippen LogP) is 3.03. The zero-order valence-corrected chi connectivity index (χ0v) is 19.4. The molecule has 0 aromatic heterocycles. The number of carbonyl (C=O) groups excluding carboxylic acids is 1. The van der Waals surface area contributed by atoms with Gasteiger partial charge in [0, 0.05) is 30.9 Å². The summed E-state index contributed by atoms with van der Waals surface area (Å²) in [7, 11) is 0. The molecule has 1 aromatic rings. The molecule has 0 spiro atoms. The van der Waals surface area contributed by atoms with Gasteiger partial charge in [-0.2, -0.15) is 11.8 Å². The lowest BCUT2D eigenvalue weighted by atomic mass is 10.00. The summed E-state index contributed by atoms with van der Waals surface area (Å²) in [5, 5.41) is 6.68. The fourth-order valence-corrected chi connectivity index (χ4v) is 4.79. The molecule has 1 atom stereocenters. The number of aliphatic imine (C=N–C) groups is 1. The van der Waals surface area contributed by atoms with E-state index >= 15 is 0 Å². The fourth-order valence-electron chi connectivity index (χ4n) is 3.54. The van der Waals surface area contributed by atoms with Crippen molar-refractivity contribution in [2.45, 2.75) is 44.4 Å². The van der Waals surface area contributed by atoms with Gasteiger partial charge in [-0.15, -0.1) is 24.0 Å². The topological polar surface area (TPSA) is 56.7 Å². The van der Waals surface area contributed by atoms with Gasteiger partial charge in [-0.25, -0.2) is 4.99 Å². The molecule has 1 fully saturated rings. The molecule has 1 saturated heterocycles. The van der Waals surface area contributed by atoms with E-state index in [0.29, 0.717) is 6.54 Å². The van der Waals surface area contributed by atoms with Crippen LogP contribution in [0.2, 0.25) is 0 Å². The van der Waals surface area contributed by atoms with Crippen molar-refractivity contribution in [1.82, 2.24) is 15.5 Å². The van der Waals surface area contributed by atoms with Crippen LogP contribution in [0.15, 0.2) is 29.3 Å². The summed E-state index contributed by atoms with van der Waals surface area (Å²) in [6, 6.07) is 8.38. The number of carbonyl (C=O) groups is 1. The van der Waals surface area contributed by atoms with E-state index in [4.69, 9.17) is 0 Å². The Bertz CT molecular complexity index is 661. The van der Waals surface area contributed by atoms with Crippen LogP contribution in [-0.4, -0.2) is 53.4 Å². The van der Waals surface area contributed by atoms with Gasteiger partial charge in [0.1, 0.15) is 6.54 Å². The molecule has 0 aliphatic carbocycles. The first-order valence-corrected chi connectivity index (χ1v) is 10.6. The Labute approximate surface area is 184 Å². The molecule has 150 valence electrons. The number of benzene rings is 1. The summed E-state index contributed by atoms with van der Waals surface area (Å²) in [6.45, 7) is 7.70. The summed E-state index contributed by atoms with van der Waals surface area (Å²) in [5.41, 5.74) is 2.62. The summed E-state index contributed by atoms with van der Waals surface area (Å²) in [6.07, 6.45) is 3.45. The number of rotatable bonds is 5. The molecule has 2 aliphatic heterocycles. The van der Waals surface area contributed by atoms with Crippen molar-refractivity contribution >= 4 is 47.6 Å². The van der Waals surface area contributed by atoms with Gasteiger partial charge in [-0.05, 0) is 50.0 Å². The Balaban J connectivity index is 0.00000261. The molecular weight excluding hydrogens is 471 g/mol. The second-order valence-electron chi connectivity index (χ2n) is 7.28. The molecule has 1 aromatic carbocycles. The first-order chi connectivity index (χ1) is 12.6. The minimum absolute atomic E-state index is 0. The van der Waals surface area contributed by atoms with Crippen LogP contribution in [0.1, 0.15) is 37.8 Å². The number of fused-ring (bicyclic) bond motifs is 1. The van der Waals surface area contributed by atoms with Crippen LogP contribution in [0.4, 0.5) is 0 Å². The molecule has 0 saturated carbocycles. The van der Waals surface area contributed by atoms with Crippen molar-refractivity contribution in [3.63, 3.8) is 0 Å². The molecule has 1 unspecified atom stereocenters. The second-order valence-corrected chi connectivity index (χ2v) is 8.97. The van der Waals surface area contributed by atoms with Crippen LogP contribution >= 0.6 is 35.7 Å². The van der Waals surface area contributed by atoms with Gasteiger partial charge in [0.25, 0.3) is 0 Å². The van der Waals surface area contributed by atoms with Crippen LogP contribution in [0.5, 0.6) is 0 Å². The number of amides is 1. The third-order valence-electron chi connectivity index (χ3n) is 5.13.